The van der Waals surface area contributed by atoms with Crippen molar-refractivity contribution >= 4 is 39.1 Å². The Morgan fingerprint density at radius 3 is 2.47 bits per heavy atom. The van der Waals surface area contributed by atoms with E-state index < -0.39 is 15.9 Å². The number of nitrogens with one attached hydrogen (secondary N) is 1. The summed E-state index contributed by atoms with van der Waals surface area (Å²) in [6.45, 7) is 4.40. The van der Waals surface area contributed by atoms with Gasteiger partial charge >= 0.3 is 0 Å². The van der Waals surface area contributed by atoms with Crippen LogP contribution < -0.4 is 5.32 Å². The Kier molecular flexibility index (Phi) is 9.58. The van der Waals surface area contributed by atoms with Gasteiger partial charge in [-0.15, -0.1) is 0 Å². The van der Waals surface area contributed by atoms with Gasteiger partial charge in [-0.3, -0.25) is 4.79 Å². The third kappa shape index (κ3) is 7.56. The zero-order valence-electron chi connectivity index (χ0n) is 17.0. The Morgan fingerprint density at radius 2 is 1.83 bits per heavy atom. The summed E-state index contributed by atoms with van der Waals surface area (Å²) in [6.07, 6.45) is 0.759. The van der Waals surface area contributed by atoms with Gasteiger partial charge in [-0.1, -0.05) is 47.5 Å². The van der Waals surface area contributed by atoms with E-state index in [9.17, 15) is 13.2 Å². The van der Waals surface area contributed by atoms with Gasteiger partial charge in [0.25, 0.3) is 0 Å². The second-order valence-corrected chi connectivity index (χ2v) is 9.73. The maximum atomic E-state index is 13.2. The van der Waals surface area contributed by atoms with Crippen molar-refractivity contribution in [3.63, 3.8) is 0 Å². The SMILES string of the molecule is CC(C)OCCCNC(=O)CN(Cc1ccc(Cl)cc1Cl)S(=O)(=O)c1ccccc1. The van der Waals surface area contributed by atoms with Gasteiger partial charge in [0.2, 0.25) is 15.9 Å². The minimum Gasteiger partial charge on any atom is -0.379 e. The van der Waals surface area contributed by atoms with Crippen LogP contribution in [0, 0.1) is 0 Å². The van der Waals surface area contributed by atoms with E-state index in [4.69, 9.17) is 27.9 Å². The van der Waals surface area contributed by atoms with Crippen LogP contribution in [-0.4, -0.2) is 44.4 Å². The zero-order valence-corrected chi connectivity index (χ0v) is 19.3. The molecule has 0 bridgehead atoms. The summed E-state index contributed by atoms with van der Waals surface area (Å²) in [5, 5.41) is 3.52. The molecule has 1 N–H and O–H groups in total. The predicted molar refractivity (Wildman–Crippen MR) is 119 cm³/mol. The van der Waals surface area contributed by atoms with E-state index in [1.54, 1.807) is 36.4 Å². The molecule has 2 aromatic rings. The first-order chi connectivity index (χ1) is 14.2. The number of carbonyl (C=O) groups is 1. The van der Waals surface area contributed by atoms with Crippen molar-refractivity contribution in [2.45, 2.75) is 37.8 Å². The lowest BCUT2D eigenvalue weighted by Gasteiger charge is -2.22. The van der Waals surface area contributed by atoms with Crippen molar-refractivity contribution in [3.8, 4) is 0 Å². The van der Waals surface area contributed by atoms with Crippen molar-refractivity contribution in [2.75, 3.05) is 19.7 Å². The topological polar surface area (TPSA) is 75.7 Å². The van der Waals surface area contributed by atoms with Crippen molar-refractivity contribution in [2.24, 2.45) is 0 Å². The molecule has 0 aliphatic heterocycles. The van der Waals surface area contributed by atoms with Gasteiger partial charge in [0, 0.05) is 29.7 Å². The summed E-state index contributed by atoms with van der Waals surface area (Å²) < 4.78 is 32.9. The van der Waals surface area contributed by atoms with Gasteiger partial charge in [-0.25, -0.2) is 8.42 Å². The summed E-state index contributed by atoms with van der Waals surface area (Å²) in [4.78, 5) is 12.6. The molecule has 0 spiro atoms. The fraction of sp³-hybridized carbons (Fsp3) is 0.381. The van der Waals surface area contributed by atoms with E-state index in [1.807, 2.05) is 13.8 Å². The molecule has 0 unspecified atom stereocenters. The Balaban J connectivity index is 2.14. The number of amides is 1. The molecule has 0 fully saturated rings. The number of rotatable bonds is 11. The molecule has 0 saturated carbocycles. The van der Waals surface area contributed by atoms with Crippen LogP contribution in [0.5, 0.6) is 0 Å². The van der Waals surface area contributed by atoms with Crippen molar-refractivity contribution in [1.82, 2.24) is 9.62 Å². The first kappa shape index (κ1) is 24.6. The lowest BCUT2D eigenvalue weighted by Crippen LogP contribution is -2.40. The highest BCUT2D eigenvalue weighted by molar-refractivity contribution is 7.89. The molecule has 0 aliphatic rings. The summed E-state index contributed by atoms with van der Waals surface area (Å²) >= 11 is 12.2. The van der Waals surface area contributed by atoms with E-state index in [0.717, 1.165) is 4.31 Å². The summed E-state index contributed by atoms with van der Waals surface area (Å²) in [5.74, 6) is -0.399. The van der Waals surface area contributed by atoms with E-state index in [0.29, 0.717) is 35.2 Å². The molecule has 2 aromatic carbocycles. The van der Waals surface area contributed by atoms with E-state index in [-0.39, 0.29) is 24.1 Å². The molecule has 164 valence electrons. The average Bonchev–Trinajstić information content (AvgIpc) is 2.69. The lowest BCUT2D eigenvalue weighted by molar-refractivity contribution is -0.121. The average molecular weight is 473 g/mol. The molecule has 0 aliphatic carbocycles. The Labute approximate surface area is 188 Å². The van der Waals surface area contributed by atoms with Gasteiger partial charge in [0.05, 0.1) is 17.5 Å². The number of ether oxygens (including phenoxy) is 1. The van der Waals surface area contributed by atoms with Crippen LogP contribution in [0.2, 0.25) is 10.0 Å². The third-order valence-corrected chi connectivity index (χ3v) is 6.55. The minimum atomic E-state index is -3.91. The quantitative estimate of drug-likeness (QED) is 0.499. The normalized spacial score (nSPS) is 11.8. The van der Waals surface area contributed by atoms with Gasteiger partial charge in [-0.2, -0.15) is 4.31 Å². The molecular weight excluding hydrogens is 447 g/mol. The number of benzene rings is 2. The number of nitrogens with zero attached hydrogens (tertiary/aromatic N) is 1. The van der Waals surface area contributed by atoms with Crippen LogP contribution in [0.1, 0.15) is 25.8 Å². The second kappa shape index (κ2) is 11.7. The van der Waals surface area contributed by atoms with E-state index in [2.05, 4.69) is 5.32 Å². The molecule has 0 atom stereocenters. The molecule has 2 rings (SSSR count). The molecule has 0 radical (unpaired) electrons. The number of carbonyl (C=O) groups excluding carboxylic acids is 1. The summed E-state index contributed by atoms with van der Waals surface area (Å²) in [6, 6.07) is 12.8. The highest BCUT2D eigenvalue weighted by Gasteiger charge is 2.27. The smallest absolute Gasteiger partial charge is 0.243 e. The molecule has 9 heteroatoms. The van der Waals surface area contributed by atoms with Crippen molar-refractivity contribution in [3.05, 3.63) is 64.1 Å². The van der Waals surface area contributed by atoms with Crippen LogP contribution in [-0.2, 0) is 26.1 Å². The van der Waals surface area contributed by atoms with Gasteiger partial charge in [0.15, 0.2) is 0 Å². The van der Waals surface area contributed by atoms with Crippen molar-refractivity contribution < 1.29 is 17.9 Å². The lowest BCUT2D eigenvalue weighted by atomic mass is 10.2. The molecule has 1 amide bonds. The second-order valence-electron chi connectivity index (χ2n) is 6.94. The fourth-order valence-corrected chi connectivity index (χ4v) is 4.51. The monoisotopic (exact) mass is 472 g/mol. The predicted octanol–water partition coefficient (Wildman–Crippen LogP) is 4.12. The zero-order chi connectivity index (χ0) is 22.1. The molecule has 0 aromatic heterocycles. The Morgan fingerprint density at radius 1 is 1.13 bits per heavy atom. The molecule has 6 nitrogen and oxygen atoms in total. The Bertz CT molecular complexity index is 937. The highest BCUT2D eigenvalue weighted by Crippen LogP contribution is 2.25. The molecular formula is C21H26Cl2N2O4S. The van der Waals surface area contributed by atoms with Gasteiger partial charge in [-0.05, 0) is 50.1 Å². The highest BCUT2D eigenvalue weighted by atomic mass is 35.5. The van der Waals surface area contributed by atoms with Gasteiger partial charge < -0.3 is 10.1 Å². The molecule has 30 heavy (non-hydrogen) atoms. The Hall–Kier alpha value is -1.64. The fourth-order valence-electron chi connectivity index (χ4n) is 2.64. The van der Waals surface area contributed by atoms with Crippen LogP contribution in [0.3, 0.4) is 0 Å². The number of sulfonamides is 1. The first-order valence-corrected chi connectivity index (χ1v) is 11.8. The van der Waals surface area contributed by atoms with Crippen LogP contribution >= 0.6 is 23.2 Å². The van der Waals surface area contributed by atoms with E-state index >= 15 is 0 Å². The largest absolute Gasteiger partial charge is 0.379 e. The minimum absolute atomic E-state index is 0.0584. The van der Waals surface area contributed by atoms with Crippen molar-refractivity contribution in [1.29, 1.82) is 0 Å². The maximum Gasteiger partial charge on any atom is 0.243 e. The maximum absolute atomic E-state index is 13.2. The number of halogens is 2. The number of hydrogen-bond donors (Lipinski definition) is 1. The third-order valence-electron chi connectivity index (χ3n) is 4.16. The molecule has 0 saturated heterocycles. The summed E-state index contributed by atoms with van der Waals surface area (Å²) in [5.41, 5.74) is 0.554. The van der Waals surface area contributed by atoms with Gasteiger partial charge in [0.1, 0.15) is 0 Å². The number of hydrogen-bond acceptors (Lipinski definition) is 4. The van der Waals surface area contributed by atoms with Crippen LogP contribution in [0.15, 0.2) is 53.4 Å². The van der Waals surface area contributed by atoms with E-state index in [1.165, 1.54) is 12.1 Å². The molecule has 0 heterocycles. The summed E-state index contributed by atoms with van der Waals surface area (Å²) in [7, 11) is -3.91. The van der Waals surface area contributed by atoms with Crippen LogP contribution in [0.25, 0.3) is 0 Å². The van der Waals surface area contributed by atoms with Crippen LogP contribution in [0.4, 0.5) is 0 Å². The first-order valence-electron chi connectivity index (χ1n) is 9.57. The standard InChI is InChI=1S/C21H26Cl2N2O4S/c1-16(2)29-12-6-11-24-21(26)15-25(14-17-9-10-18(22)13-20(17)23)30(27,28)19-7-4-3-5-8-19/h3-5,7-10,13,16H,6,11-12,14-15H2,1-2H3,(H,24,26).